The maximum absolute atomic E-state index is 12.0. The van der Waals surface area contributed by atoms with Gasteiger partial charge in [-0.25, -0.2) is 4.98 Å². The predicted molar refractivity (Wildman–Crippen MR) is 79.8 cm³/mol. The fourth-order valence-electron chi connectivity index (χ4n) is 2.29. The molecule has 2 N–H and O–H groups in total. The highest BCUT2D eigenvalue weighted by Crippen LogP contribution is 2.48. The third kappa shape index (κ3) is 2.54. The molecule has 0 unspecified atom stereocenters. The first kappa shape index (κ1) is 13.8. The lowest BCUT2D eigenvalue weighted by Crippen LogP contribution is -2.19. The van der Waals surface area contributed by atoms with Crippen molar-refractivity contribution in [3.63, 3.8) is 0 Å². The smallest absolute Gasteiger partial charge is 0.314 e. The summed E-state index contributed by atoms with van der Waals surface area (Å²) in [6.07, 6.45) is 1.35. The molecule has 1 heterocycles. The van der Waals surface area contributed by atoms with Gasteiger partial charge in [-0.1, -0.05) is 12.1 Å². The van der Waals surface area contributed by atoms with Crippen LogP contribution in [0.3, 0.4) is 0 Å². The molecule has 1 aromatic heterocycles. The van der Waals surface area contributed by atoms with Crippen LogP contribution >= 0.6 is 11.3 Å². The Balaban J connectivity index is 1.73. The van der Waals surface area contributed by atoms with E-state index in [1.165, 1.54) is 11.3 Å². The van der Waals surface area contributed by atoms with Gasteiger partial charge in [0.25, 0.3) is 5.91 Å². The van der Waals surface area contributed by atoms with Crippen LogP contribution in [-0.2, 0) is 10.2 Å². The van der Waals surface area contributed by atoms with E-state index < -0.39 is 11.4 Å². The minimum Gasteiger partial charge on any atom is -0.481 e. The number of rotatable bonds is 4. The Kier molecular flexibility index (Phi) is 3.25. The number of carboxylic acid groups (broad SMARTS) is 1. The second kappa shape index (κ2) is 4.96. The number of thiazole rings is 1. The summed E-state index contributed by atoms with van der Waals surface area (Å²) in [7, 11) is 0. The molecular formula is C15H14N2O3S. The van der Waals surface area contributed by atoms with Crippen LogP contribution in [0.2, 0.25) is 0 Å². The average molecular weight is 302 g/mol. The maximum atomic E-state index is 12.0. The molecule has 3 rings (SSSR count). The van der Waals surface area contributed by atoms with Crippen LogP contribution in [0.4, 0.5) is 5.69 Å². The van der Waals surface area contributed by atoms with E-state index in [0.29, 0.717) is 24.2 Å². The van der Waals surface area contributed by atoms with Crippen molar-refractivity contribution in [3.8, 4) is 0 Å². The molecule has 1 fully saturated rings. The molecule has 6 heteroatoms. The van der Waals surface area contributed by atoms with Gasteiger partial charge in [0.15, 0.2) is 0 Å². The summed E-state index contributed by atoms with van der Waals surface area (Å²) < 4.78 is 0. The van der Waals surface area contributed by atoms with E-state index >= 15 is 0 Å². The summed E-state index contributed by atoms with van der Waals surface area (Å²) in [4.78, 5) is 27.4. The third-order valence-corrected chi connectivity index (χ3v) is 4.48. The zero-order valence-corrected chi connectivity index (χ0v) is 12.2. The van der Waals surface area contributed by atoms with Crippen molar-refractivity contribution in [1.82, 2.24) is 4.98 Å². The Hall–Kier alpha value is -2.21. The largest absolute Gasteiger partial charge is 0.481 e. The number of aryl methyl sites for hydroxylation is 1. The van der Waals surface area contributed by atoms with Crippen LogP contribution in [0, 0.1) is 6.92 Å². The van der Waals surface area contributed by atoms with E-state index in [-0.39, 0.29) is 5.91 Å². The van der Waals surface area contributed by atoms with Gasteiger partial charge < -0.3 is 10.4 Å². The second-order valence-electron chi connectivity index (χ2n) is 5.17. The van der Waals surface area contributed by atoms with E-state index in [2.05, 4.69) is 10.3 Å². The molecule has 1 aromatic carbocycles. The molecule has 0 bridgehead atoms. The number of carbonyl (C=O) groups is 2. The lowest BCUT2D eigenvalue weighted by Gasteiger charge is -2.11. The molecule has 21 heavy (non-hydrogen) atoms. The molecule has 2 aromatic rings. The number of hydrogen-bond acceptors (Lipinski definition) is 4. The number of amides is 1. The standard InChI is InChI=1S/C15H14N2O3S/c1-9-16-12(8-21-9)13(18)17-11-4-2-10(3-5-11)15(6-7-15)14(19)20/h2-5,8H,6-7H2,1H3,(H,17,18)(H,19,20). The molecule has 0 aliphatic heterocycles. The van der Waals surface area contributed by atoms with Gasteiger partial charge in [0.2, 0.25) is 0 Å². The Morgan fingerprint density at radius 3 is 2.43 bits per heavy atom. The van der Waals surface area contributed by atoms with Crippen LogP contribution in [0.25, 0.3) is 0 Å². The molecule has 1 aliphatic carbocycles. The number of anilines is 1. The van der Waals surface area contributed by atoms with E-state index in [4.69, 9.17) is 0 Å². The summed E-state index contributed by atoms with van der Waals surface area (Å²) in [5, 5.41) is 14.6. The Morgan fingerprint density at radius 1 is 1.29 bits per heavy atom. The summed E-state index contributed by atoms with van der Waals surface area (Å²) in [6.45, 7) is 1.84. The third-order valence-electron chi connectivity index (χ3n) is 3.71. The zero-order chi connectivity index (χ0) is 15.0. The molecule has 1 amide bonds. The van der Waals surface area contributed by atoms with Crippen molar-refractivity contribution in [2.45, 2.75) is 25.2 Å². The van der Waals surface area contributed by atoms with Gasteiger partial charge in [-0.2, -0.15) is 0 Å². The van der Waals surface area contributed by atoms with Crippen LogP contribution in [0.15, 0.2) is 29.6 Å². The second-order valence-corrected chi connectivity index (χ2v) is 6.23. The number of hydrogen-bond donors (Lipinski definition) is 2. The van der Waals surface area contributed by atoms with Crippen molar-refractivity contribution in [2.75, 3.05) is 5.32 Å². The number of aromatic nitrogens is 1. The molecule has 5 nitrogen and oxygen atoms in total. The van der Waals surface area contributed by atoms with Gasteiger partial charge in [-0.05, 0) is 37.5 Å². The molecule has 1 aliphatic rings. The van der Waals surface area contributed by atoms with Gasteiger partial charge in [-0.3, -0.25) is 9.59 Å². The molecule has 0 atom stereocenters. The Labute approximate surface area is 125 Å². The van der Waals surface area contributed by atoms with Crippen LogP contribution in [0.5, 0.6) is 0 Å². The molecule has 1 saturated carbocycles. The van der Waals surface area contributed by atoms with Crippen molar-refractivity contribution < 1.29 is 14.7 Å². The molecule has 108 valence electrons. The van der Waals surface area contributed by atoms with Crippen molar-refractivity contribution in [2.24, 2.45) is 0 Å². The topological polar surface area (TPSA) is 79.3 Å². The number of carboxylic acids is 1. The summed E-state index contributed by atoms with van der Waals surface area (Å²) in [5.41, 5.74) is 1.10. The monoisotopic (exact) mass is 302 g/mol. The Morgan fingerprint density at radius 2 is 1.95 bits per heavy atom. The first-order chi connectivity index (χ1) is 10.0. The Bertz CT molecular complexity index is 702. The quantitative estimate of drug-likeness (QED) is 0.910. The van der Waals surface area contributed by atoms with Gasteiger partial charge in [-0.15, -0.1) is 11.3 Å². The highest BCUT2D eigenvalue weighted by atomic mass is 32.1. The SMILES string of the molecule is Cc1nc(C(=O)Nc2ccc(C3(C(=O)O)CC3)cc2)cs1. The summed E-state index contributed by atoms with van der Waals surface area (Å²) >= 11 is 1.42. The van der Waals surface area contributed by atoms with E-state index in [1.54, 1.807) is 29.6 Å². The van der Waals surface area contributed by atoms with Crippen LogP contribution in [-0.4, -0.2) is 22.0 Å². The van der Waals surface area contributed by atoms with E-state index in [9.17, 15) is 14.7 Å². The number of aliphatic carboxylic acids is 1. The number of carbonyl (C=O) groups excluding carboxylic acids is 1. The summed E-state index contributed by atoms with van der Waals surface area (Å²) in [5.74, 6) is -1.04. The fraction of sp³-hybridized carbons (Fsp3) is 0.267. The molecule has 0 radical (unpaired) electrons. The van der Waals surface area contributed by atoms with Gasteiger partial charge in [0, 0.05) is 11.1 Å². The predicted octanol–water partition coefficient (Wildman–Crippen LogP) is 2.82. The molecule has 0 spiro atoms. The van der Waals surface area contributed by atoms with Crippen molar-refractivity contribution >= 4 is 28.9 Å². The minimum absolute atomic E-state index is 0.258. The zero-order valence-electron chi connectivity index (χ0n) is 11.4. The normalized spacial score (nSPS) is 15.5. The van der Waals surface area contributed by atoms with Crippen molar-refractivity contribution in [1.29, 1.82) is 0 Å². The van der Waals surface area contributed by atoms with Crippen molar-refractivity contribution in [3.05, 3.63) is 45.9 Å². The maximum Gasteiger partial charge on any atom is 0.314 e. The van der Waals surface area contributed by atoms with E-state index in [1.807, 2.05) is 6.92 Å². The molecular weight excluding hydrogens is 288 g/mol. The van der Waals surface area contributed by atoms with Gasteiger partial charge >= 0.3 is 5.97 Å². The number of benzene rings is 1. The first-order valence-electron chi connectivity index (χ1n) is 6.59. The molecule has 0 saturated heterocycles. The lowest BCUT2D eigenvalue weighted by molar-refractivity contribution is -0.140. The lowest BCUT2D eigenvalue weighted by atomic mass is 9.96. The first-order valence-corrected chi connectivity index (χ1v) is 7.47. The van der Waals surface area contributed by atoms with Gasteiger partial charge in [0.1, 0.15) is 5.69 Å². The van der Waals surface area contributed by atoms with E-state index in [0.717, 1.165) is 10.6 Å². The summed E-state index contributed by atoms with van der Waals surface area (Å²) in [6, 6.07) is 7.00. The number of nitrogens with one attached hydrogen (secondary N) is 1. The number of nitrogens with zero attached hydrogens (tertiary/aromatic N) is 1. The van der Waals surface area contributed by atoms with Crippen LogP contribution < -0.4 is 5.32 Å². The average Bonchev–Trinajstić information content (AvgIpc) is 3.16. The highest BCUT2D eigenvalue weighted by Gasteiger charge is 2.51. The minimum atomic E-state index is -0.780. The highest BCUT2D eigenvalue weighted by molar-refractivity contribution is 7.09. The van der Waals surface area contributed by atoms with Gasteiger partial charge in [0.05, 0.1) is 10.4 Å². The fourth-order valence-corrected chi connectivity index (χ4v) is 2.88. The van der Waals surface area contributed by atoms with Crippen LogP contribution in [0.1, 0.15) is 33.9 Å².